The monoisotopic (exact) mass is 383 g/mol. The van der Waals surface area contributed by atoms with E-state index in [9.17, 15) is 14.4 Å². The van der Waals surface area contributed by atoms with Gasteiger partial charge in [-0.2, -0.15) is 0 Å². The number of nitrogens with one attached hydrogen (secondary N) is 2. The van der Waals surface area contributed by atoms with Gasteiger partial charge < -0.3 is 10.6 Å². The number of carbonyl (C=O) groups excluding carboxylic acids is 3. The number of rotatable bonds is 4. The van der Waals surface area contributed by atoms with E-state index in [2.05, 4.69) is 16.7 Å². The summed E-state index contributed by atoms with van der Waals surface area (Å²) in [6.07, 6.45) is 8.55. The Bertz CT molecular complexity index is 815. The zero-order valence-electron chi connectivity index (χ0n) is 16.7. The highest BCUT2D eigenvalue weighted by Crippen LogP contribution is 2.33. The van der Waals surface area contributed by atoms with E-state index in [0.29, 0.717) is 0 Å². The lowest BCUT2D eigenvalue weighted by Crippen LogP contribution is -2.51. The molecule has 0 spiro atoms. The molecule has 4 rings (SSSR count). The highest BCUT2D eigenvalue weighted by molar-refractivity contribution is 6.10. The van der Waals surface area contributed by atoms with Crippen LogP contribution in [0, 0.1) is 0 Å². The third-order valence-electron chi connectivity index (χ3n) is 6.62. The number of imide groups is 1. The molecule has 1 aromatic carbocycles. The van der Waals surface area contributed by atoms with Crippen molar-refractivity contribution in [2.45, 2.75) is 82.8 Å². The van der Waals surface area contributed by atoms with Gasteiger partial charge in [0.15, 0.2) is 0 Å². The van der Waals surface area contributed by atoms with Gasteiger partial charge in [-0.3, -0.25) is 9.59 Å². The van der Waals surface area contributed by atoms with Crippen LogP contribution in [0.4, 0.5) is 4.79 Å². The second-order valence-electron chi connectivity index (χ2n) is 8.59. The molecule has 1 aliphatic heterocycles. The smallest absolute Gasteiger partial charge is 0.326 e. The molecule has 2 aliphatic carbocycles. The summed E-state index contributed by atoms with van der Waals surface area (Å²) in [5.74, 6) is -0.615. The fourth-order valence-corrected chi connectivity index (χ4v) is 4.78. The first-order valence-corrected chi connectivity index (χ1v) is 10.5. The van der Waals surface area contributed by atoms with Gasteiger partial charge in [-0.1, -0.05) is 37.5 Å². The molecule has 1 heterocycles. The molecule has 2 fully saturated rings. The highest BCUT2D eigenvalue weighted by Gasteiger charge is 2.52. The Kier molecular flexibility index (Phi) is 4.89. The van der Waals surface area contributed by atoms with E-state index in [0.717, 1.165) is 55.4 Å². The molecule has 28 heavy (non-hydrogen) atoms. The molecule has 0 unspecified atom stereocenters. The summed E-state index contributed by atoms with van der Waals surface area (Å²) in [4.78, 5) is 39.7. The van der Waals surface area contributed by atoms with E-state index >= 15 is 0 Å². The van der Waals surface area contributed by atoms with E-state index < -0.39 is 17.6 Å². The SMILES string of the molecule is C[C@@H](C(=O)NC1CCCCC1)N1C(=O)N[C@@](C)(c2ccc3c(c2)CCC3)C1=O. The molecule has 1 saturated heterocycles. The van der Waals surface area contributed by atoms with E-state index in [4.69, 9.17) is 0 Å². The first kappa shape index (κ1) is 19.0. The summed E-state index contributed by atoms with van der Waals surface area (Å²) in [7, 11) is 0. The molecule has 3 aliphatic rings. The Morgan fingerprint density at radius 3 is 2.61 bits per heavy atom. The Hall–Kier alpha value is -2.37. The number of benzene rings is 1. The van der Waals surface area contributed by atoms with Crippen molar-refractivity contribution in [3.63, 3.8) is 0 Å². The maximum absolute atomic E-state index is 13.2. The lowest BCUT2D eigenvalue weighted by atomic mass is 9.89. The molecule has 2 atom stereocenters. The van der Waals surface area contributed by atoms with Gasteiger partial charge in [0.25, 0.3) is 5.91 Å². The van der Waals surface area contributed by atoms with Gasteiger partial charge in [0.1, 0.15) is 11.6 Å². The standard InChI is InChI=1S/C22H29N3O3/c1-14(19(26)23-18-9-4-3-5-10-18)25-20(27)22(2,24-21(25)28)17-12-11-15-7-6-8-16(15)13-17/h11-14,18H,3-10H2,1-2H3,(H,23,26)(H,24,28)/t14-,22-/m0/s1. The molecule has 6 heteroatoms. The Balaban J connectivity index is 1.52. The molecular weight excluding hydrogens is 354 g/mol. The summed E-state index contributed by atoms with van der Waals surface area (Å²) in [5, 5.41) is 5.86. The minimum absolute atomic E-state index is 0.146. The van der Waals surface area contributed by atoms with Crippen LogP contribution in [0.25, 0.3) is 0 Å². The largest absolute Gasteiger partial charge is 0.352 e. The highest BCUT2D eigenvalue weighted by atomic mass is 16.2. The van der Waals surface area contributed by atoms with Crippen LogP contribution in [0.15, 0.2) is 18.2 Å². The van der Waals surface area contributed by atoms with Crippen LogP contribution in [0.3, 0.4) is 0 Å². The normalized spacial score (nSPS) is 26.1. The van der Waals surface area contributed by atoms with Gasteiger partial charge in [-0.15, -0.1) is 0 Å². The maximum atomic E-state index is 13.2. The molecule has 4 amide bonds. The van der Waals surface area contributed by atoms with Crippen LogP contribution in [0.2, 0.25) is 0 Å². The second kappa shape index (κ2) is 7.22. The molecule has 1 saturated carbocycles. The minimum Gasteiger partial charge on any atom is -0.352 e. The van der Waals surface area contributed by atoms with E-state index in [-0.39, 0.29) is 17.9 Å². The van der Waals surface area contributed by atoms with Crippen LogP contribution in [-0.2, 0) is 28.0 Å². The molecule has 1 aromatic rings. The summed E-state index contributed by atoms with van der Waals surface area (Å²) in [5.41, 5.74) is 2.23. The first-order valence-electron chi connectivity index (χ1n) is 10.5. The second-order valence-corrected chi connectivity index (χ2v) is 8.59. The number of fused-ring (bicyclic) bond motifs is 1. The maximum Gasteiger partial charge on any atom is 0.326 e. The van der Waals surface area contributed by atoms with Gasteiger partial charge >= 0.3 is 6.03 Å². The van der Waals surface area contributed by atoms with Crippen molar-refractivity contribution in [3.05, 3.63) is 34.9 Å². The third-order valence-corrected chi connectivity index (χ3v) is 6.62. The van der Waals surface area contributed by atoms with Gasteiger partial charge in [-0.05, 0) is 62.6 Å². The molecule has 6 nitrogen and oxygen atoms in total. The predicted octanol–water partition coefficient (Wildman–Crippen LogP) is 2.78. The number of hydrogen-bond acceptors (Lipinski definition) is 3. The molecule has 150 valence electrons. The summed E-state index contributed by atoms with van der Waals surface area (Å²) in [6.45, 7) is 3.36. The lowest BCUT2D eigenvalue weighted by Gasteiger charge is -2.28. The van der Waals surface area contributed by atoms with E-state index in [1.807, 2.05) is 12.1 Å². The predicted molar refractivity (Wildman–Crippen MR) is 106 cm³/mol. The fourth-order valence-electron chi connectivity index (χ4n) is 4.78. The zero-order valence-corrected chi connectivity index (χ0v) is 16.7. The van der Waals surface area contributed by atoms with Gasteiger partial charge in [0, 0.05) is 6.04 Å². The number of carbonyl (C=O) groups is 3. The van der Waals surface area contributed by atoms with Crippen molar-refractivity contribution in [1.29, 1.82) is 0 Å². The number of amides is 4. The van der Waals surface area contributed by atoms with Crippen molar-refractivity contribution in [2.75, 3.05) is 0 Å². The van der Waals surface area contributed by atoms with E-state index in [1.54, 1.807) is 13.8 Å². The summed E-state index contributed by atoms with van der Waals surface area (Å²) < 4.78 is 0. The first-order chi connectivity index (χ1) is 13.4. The number of aryl methyl sites for hydroxylation is 2. The van der Waals surface area contributed by atoms with Crippen molar-refractivity contribution in [1.82, 2.24) is 15.5 Å². The van der Waals surface area contributed by atoms with Crippen molar-refractivity contribution < 1.29 is 14.4 Å². The van der Waals surface area contributed by atoms with Crippen LogP contribution in [0.1, 0.15) is 69.1 Å². The number of urea groups is 1. The van der Waals surface area contributed by atoms with Crippen molar-refractivity contribution in [2.24, 2.45) is 0 Å². The van der Waals surface area contributed by atoms with Gasteiger partial charge in [0.2, 0.25) is 5.91 Å². The fraction of sp³-hybridized carbons (Fsp3) is 0.591. The molecular formula is C22H29N3O3. The lowest BCUT2D eigenvalue weighted by molar-refractivity contribution is -0.138. The average Bonchev–Trinajstić information content (AvgIpc) is 3.24. The third kappa shape index (κ3) is 3.19. The Labute approximate surface area is 166 Å². The summed E-state index contributed by atoms with van der Waals surface area (Å²) >= 11 is 0. The number of hydrogen-bond donors (Lipinski definition) is 2. The van der Waals surface area contributed by atoms with Crippen LogP contribution >= 0.6 is 0 Å². The number of nitrogens with zero attached hydrogens (tertiary/aromatic N) is 1. The molecule has 0 radical (unpaired) electrons. The Morgan fingerprint density at radius 1 is 1.14 bits per heavy atom. The quantitative estimate of drug-likeness (QED) is 0.785. The van der Waals surface area contributed by atoms with Crippen LogP contribution in [0.5, 0.6) is 0 Å². The Morgan fingerprint density at radius 2 is 1.86 bits per heavy atom. The molecule has 2 N–H and O–H groups in total. The topological polar surface area (TPSA) is 78.5 Å². The van der Waals surface area contributed by atoms with Crippen molar-refractivity contribution in [3.8, 4) is 0 Å². The van der Waals surface area contributed by atoms with Crippen LogP contribution < -0.4 is 10.6 Å². The van der Waals surface area contributed by atoms with Crippen LogP contribution in [-0.4, -0.2) is 34.8 Å². The summed E-state index contributed by atoms with van der Waals surface area (Å²) in [6, 6.07) is 4.84. The zero-order chi connectivity index (χ0) is 19.9. The molecule has 0 aromatic heterocycles. The minimum atomic E-state index is -1.13. The van der Waals surface area contributed by atoms with Gasteiger partial charge in [-0.25, -0.2) is 9.69 Å². The average molecular weight is 383 g/mol. The van der Waals surface area contributed by atoms with Crippen molar-refractivity contribution >= 4 is 17.8 Å². The van der Waals surface area contributed by atoms with E-state index in [1.165, 1.54) is 17.5 Å². The molecule has 0 bridgehead atoms. The van der Waals surface area contributed by atoms with Gasteiger partial charge in [0.05, 0.1) is 0 Å².